The summed E-state index contributed by atoms with van der Waals surface area (Å²) in [5.41, 5.74) is 11.6. The molecule has 1 unspecified atom stereocenters. The fourth-order valence-corrected chi connectivity index (χ4v) is 3.02. The third-order valence-electron chi connectivity index (χ3n) is 4.50. The van der Waals surface area contributed by atoms with Crippen LogP contribution in [0, 0.1) is 6.92 Å². The highest BCUT2D eigenvalue weighted by Gasteiger charge is 2.26. The van der Waals surface area contributed by atoms with Gasteiger partial charge in [-0.3, -0.25) is 5.10 Å². The molecule has 2 aromatic rings. The van der Waals surface area contributed by atoms with E-state index in [1.165, 1.54) is 22.1 Å². The molecule has 19 heavy (non-hydrogen) atoms. The van der Waals surface area contributed by atoms with E-state index in [0.717, 1.165) is 31.2 Å². The first-order valence-corrected chi connectivity index (χ1v) is 7.04. The highest BCUT2D eigenvalue weighted by molar-refractivity contribution is 5.93. The smallest absolute Gasteiger partial charge is 0.0656 e. The van der Waals surface area contributed by atoms with Gasteiger partial charge in [0.15, 0.2) is 0 Å². The first-order valence-electron chi connectivity index (χ1n) is 7.04. The van der Waals surface area contributed by atoms with E-state index < -0.39 is 0 Å². The highest BCUT2D eigenvalue weighted by atomic mass is 15.1. The number of allylic oxidation sites excluding steroid dienone is 1. The number of aromatic nitrogens is 2. The van der Waals surface area contributed by atoms with Gasteiger partial charge in [-0.25, -0.2) is 0 Å². The van der Waals surface area contributed by atoms with Crippen molar-refractivity contribution >= 4 is 16.5 Å². The molecule has 1 heterocycles. The fourth-order valence-electron chi connectivity index (χ4n) is 3.02. The number of fused-ring (bicyclic) bond motifs is 1. The molecule has 0 saturated carbocycles. The zero-order valence-electron chi connectivity index (χ0n) is 11.7. The molecule has 3 heteroatoms. The number of hydrogen-bond acceptors (Lipinski definition) is 2. The summed E-state index contributed by atoms with van der Waals surface area (Å²) in [5.74, 6) is 0. The Labute approximate surface area is 113 Å². The molecule has 0 fully saturated rings. The van der Waals surface area contributed by atoms with Crippen molar-refractivity contribution in [3.63, 3.8) is 0 Å². The van der Waals surface area contributed by atoms with Gasteiger partial charge in [0.2, 0.25) is 0 Å². The number of nitrogens with two attached hydrogens (primary N) is 1. The lowest BCUT2D eigenvalue weighted by atomic mass is 9.78. The van der Waals surface area contributed by atoms with Crippen molar-refractivity contribution in [1.82, 2.24) is 10.2 Å². The van der Waals surface area contributed by atoms with Crippen molar-refractivity contribution in [2.24, 2.45) is 5.73 Å². The Morgan fingerprint density at radius 2 is 2.26 bits per heavy atom. The molecule has 3 N–H and O–H groups in total. The number of aryl methyl sites for hydroxylation is 1. The summed E-state index contributed by atoms with van der Waals surface area (Å²) in [6.07, 6.45) is 8.43. The zero-order valence-corrected chi connectivity index (χ0v) is 11.7. The molecule has 0 spiro atoms. The van der Waals surface area contributed by atoms with E-state index in [4.69, 9.17) is 5.73 Å². The predicted molar refractivity (Wildman–Crippen MR) is 79.9 cm³/mol. The summed E-state index contributed by atoms with van der Waals surface area (Å²) in [6, 6.07) is 4.27. The monoisotopic (exact) mass is 255 g/mol. The molecule has 3 rings (SSSR count). The molecule has 1 aliphatic carbocycles. The van der Waals surface area contributed by atoms with Gasteiger partial charge in [0.25, 0.3) is 0 Å². The molecule has 1 aromatic carbocycles. The summed E-state index contributed by atoms with van der Waals surface area (Å²) in [5, 5.41) is 8.45. The van der Waals surface area contributed by atoms with E-state index in [2.05, 4.69) is 42.3 Å². The third-order valence-corrected chi connectivity index (χ3v) is 4.50. The summed E-state index contributed by atoms with van der Waals surface area (Å²) in [4.78, 5) is 0. The Balaban J connectivity index is 2.06. The standard InChI is InChI=1S/C16H21N3/c1-3-16(17)8-6-12(7-9-16)15-11(2)4-5-14-13(15)10-18-19-14/h4-6,10H,3,7-9,17H2,1-2H3,(H,18,19). The van der Waals surface area contributed by atoms with Gasteiger partial charge in [0.05, 0.1) is 11.7 Å². The third kappa shape index (κ3) is 2.08. The maximum Gasteiger partial charge on any atom is 0.0656 e. The molecule has 1 aromatic heterocycles. The van der Waals surface area contributed by atoms with Crippen LogP contribution < -0.4 is 5.73 Å². The van der Waals surface area contributed by atoms with E-state index in [1.807, 2.05) is 6.20 Å². The number of nitrogens with one attached hydrogen (secondary N) is 1. The van der Waals surface area contributed by atoms with E-state index in [0.29, 0.717) is 0 Å². The lowest BCUT2D eigenvalue weighted by molar-refractivity contribution is 0.379. The van der Waals surface area contributed by atoms with Gasteiger partial charge in [-0.05, 0) is 55.4 Å². The fraction of sp³-hybridized carbons (Fsp3) is 0.438. The van der Waals surface area contributed by atoms with Gasteiger partial charge in [-0.2, -0.15) is 5.10 Å². The molecule has 0 aliphatic heterocycles. The maximum atomic E-state index is 6.37. The van der Waals surface area contributed by atoms with Crippen LogP contribution >= 0.6 is 0 Å². The average molecular weight is 255 g/mol. The Bertz CT molecular complexity index is 638. The van der Waals surface area contributed by atoms with E-state index in [-0.39, 0.29) is 5.54 Å². The lowest BCUT2D eigenvalue weighted by Crippen LogP contribution is -2.40. The minimum atomic E-state index is 0.00168. The quantitative estimate of drug-likeness (QED) is 0.862. The van der Waals surface area contributed by atoms with Crippen molar-refractivity contribution in [2.45, 2.75) is 45.1 Å². The van der Waals surface area contributed by atoms with Gasteiger partial charge < -0.3 is 5.73 Å². The first-order chi connectivity index (χ1) is 9.13. The van der Waals surface area contributed by atoms with Crippen molar-refractivity contribution in [3.05, 3.63) is 35.5 Å². The molecular weight excluding hydrogens is 234 g/mol. The number of H-pyrrole nitrogens is 1. The molecule has 1 aliphatic rings. The zero-order chi connectivity index (χ0) is 13.5. The molecule has 0 radical (unpaired) electrons. The van der Waals surface area contributed by atoms with Crippen molar-refractivity contribution in [2.75, 3.05) is 0 Å². The normalized spacial score (nSPS) is 23.6. The van der Waals surface area contributed by atoms with Gasteiger partial charge >= 0.3 is 0 Å². The molecule has 0 bridgehead atoms. The van der Waals surface area contributed by atoms with Crippen molar-refractivity contribution in [3.8, 4) is 0 Å². The number of benzene rings is 1. The predicted octanol–water partition coefficient (Wildman–Crippen LogP) is 3.55. The molecule has 3 nitrogen and oxygen atoms in total. The van der Waals surface area contributed by atoms with Crippen LogP contribution in [0.4, 0.5) is 0 Å². The van der Waals surface area contributed by atoms with Crippen LogP contribution in [0.15, 0.2) is 24.4 Å². The Kier molecular flexibility index (Phi) is 2.94. The highest BCUT2D eigenvalue weighted by Crippen LogP contribution is 2.37. The minimum Gasteiger partial charge on any atom is -0.325 e. The average Bonchev–Trinajstić information content (AvgIpc) is 2.89. The minimum absolute atomic E-state index is 0.00168. The van der Waals surface area contributed by atoms with Crippen LogP contribution in [0.1, 0.15) is 43.7 Å². The molecular formula is C16H21N3. The van der Waals surface area contributed by atoms with Crippen LogP contribution in [-0.4, -0.2) is 15.7 Å². The Morgan fingerprint density at radius 1 is 1.42 bits per heavy atom. The second-order valence-electron chi connectivity index (χ2n) is 5.74. The number of aromatic amines is 1. The van der Waals surface area contributed by atoms with Crippen LogP contribution in [0.5, 0.6) is 0 Å². The van der Waals surface area contributed by atoms with Crippen LogP contribution in [-0.2, 0) is 0 Å². The summed E-state index contributed by atoms with van der Waals surface area (Å²) in [6.45, 7) is 4.35. The number of hydrogen-bond donors (Lipinski definition) is 2. The van der Waals surface area contributed by atoms with E-state index in [1.54, 1.807) is 0 Å². The van der Waals surface area contributed by atoms with Gasteiger partial charge in [-0.15, -0.1) is 0 Å². The largest absolute Gasteiger partial charge is 0.325 e. The summed E-state index contributed by atoms with van der Waals surface area (Å²) < 4.78 is 0. The molecule has 1 atom stereocenters. The Hall–Kier alpha value is -1.61. The van der Waals surface area contributed by atoms with Crippen LogP contribution in [0.25, 0.3) is 16.5 Å². The number of rotatable bonds is 2. The van der Waals surface area contributed by atoms with Crippen molar-refractivity contribution < 1.29 is 0 Å². The van der Waals surface area contributed by atoms with Crippen LogP contribution in [0.2, 0.25) is 0 Å². The topological polar surface area (TPSA) is 54.7 Å². The van der Waals surface area contributed by atoms with E-state index in [9.17, 15) is 0 Å². The van der Waals surface area contributed by atoms with Crippen molar-refractivity contribution in [1.29, 1.82) is 0 Å². The second-order valence-corrected chi connectivity index (χ2v) is 5.74. The first kappa shape index (κ1) is 12.4. The summed E-state index contributed by atoms with van der Waals surface area (Å²) >= 11 is 0. The summed E-state index contributed by atoms with van der Waals surface area (Å²) in [7, 11) is 0. The van der Waals surface area contributed by atoms with E-state index >= 15 is 0 Å². The molecule has 0 amide bonds. The Morgan fingerprint density at radius 3 is 2.95 bits per heavy atom. The molecule has 100 valence electrons. The van der Waals surface area contributed by atoms with Gasteiger partial charge in [-0.1, -0.05) is 19.1 Å². The lowest BCUT2D eigenvalue weighted by Gasteiger charge is -2.32. The van der Waals surface area contributed by atoms with Gasteiger partial charge in [0, 0.05) is 10.9 Å². The molecule has 0 saturated heterocycles. The SMILES string of the molecule is CCC1(N)CC=C(c2c(C)ccc3[nH]ncc23)CC1. The second kappa shape index (κ2) is 4.49. The maximum absolute atomic E-state index is 6.37. The number of nitrogens with zero attached hydrogens (tertiary/aromatic N) is 1. The van der Waals surface area contributed by atoms with Crippen LogP contribution in [0.3, 0.4) is 0 Å². The van der Waals surface area contributed by atoms with Gasteiger partial charge in [0.1, 0.15) is 0 Å².